The van der Waals surface area contributed by atoms with E-state index in [0.717, 1.165) is 12.0 Å². The van der Waals surface area contributed by atoms with Crippen molar-refractivity contribution in [3.63, 3.8) is 0 Å². The number of carbonyl (C=O) groups excluding carboxylic acids is 1. The largest absolute Gasteiger partial charge is 0.353 e. The molecule has 2 nitrogen and oxygen atoms in total. The molecule has 0 aliphatic rings. The van der Waals surface area contributed by atoms with Crippen molar-refractivity contribution in [3.8, 4) is 0 Å². The molecule has 0 amide bonds. The van der Waals surface area contributed by atoms with Crippen LogP contribution in [-0.2, 0) is 4.79 Å². The topological polar surface area (TPSA) is 29.1 Å². The molecule has 12 heavy (non-hydrogen) atoms. The van der Waals surface area contributed by atoms with E-state index in [2.05, 4.69) is 5.32 Å². The van der Waals surface area contributed by atoms with Gasteiger partial charge in [0.25, 0.3) is 0 Å². The third-order valence-electron chi connectivity index (χ3n) is 1.50. The Morgan fingerprint density at radius 2 is 2.00 bits per heavy atom. The van der Waals surface area contributed by atoms with Crippen molar-refractivity contribution in [1.29, 1.82) is 0 Å². The molecule has 0 radical (unpaired) electrons. The lowest BCUT2D eigenvalue weighted by Gasteiger charge is -2.03. The SMILES string of the molecule is CC=C(C=O)Nc1ccccc1. The number of hydrogen-bond donors (Lipinski definition) is 1. The van der Waals surface area contributed by atoms with E-state index in [4.69, 9.17) is 0 Å². The Morgan fingerprint density at radius 1 is 1.33 bits per heavy atom. The van der Waals surface area contributed by atoms with Crippen LogP contribution >= 0.6 is 0 Å². The molecule has 0 fully saturated rings. The molecular weight excluding hydrogens is 150 g/mol. The van der Waals surface area contributed by atoms with Gasteiger partial charge in [0.15, 0.2) is 6.29 Å². The Morgan fingerprint density at radius 3 is 2.50 bits per heavy atom. The predicted octanol–water partition coefficient (Wildman–Crippen LogP) is 2.20. The first-order chi connectivity index (χ1) is 5.86. The van der Waals surface area contributed by atoms with Crippen molar-refractivity contribution >= 4 is 12.0 Å². The van der Waals surface area contributed by atoms with Gasteiger partial charge >= 0.3 is 0 Å². The van der Waals surface area contributed by atoms with E-state index < -0.39 is 0 Å². The minimum atomic E-state index is 0.584. The number of aldehydes is 1. The Bertz CT molecular complexity index is 277. The summed E-state index contributed by atoms with van der Waals surface area (Å²) in [6, 6.07) is 9.59. The fourth-order valence-electron chi connectivity index (χ4n) is 0.858. The van der Waals surface area contributed by atoms with E-state index in [1.165, 1.54) is 0 Å². The van der Waals surface area contributed by atoms with Gasteiger partial charge in [0, 0.05) is 5.69 Å². The van der Waals surface area contributed by atoms with E-state index in [0.29, 0.717) is 5.70 Å². The molecule has 0 heterocycles. The summed E-state index contributed by atoms with van der Waals surface area (Å²) in [5, 5.41) is 2.97. The lowest BCUT2D eigenvalue weighted by molar-refractivity contribution is -0.104. The van der Waals surface area contributed by atoms with Crippen LogP contribution in [0.15, 0.2) is 42.1 Å². The van der Waals surface area contributed by atoms with Crippen LogP contribution in [-0.4, -0.2) is 6.29 Å². The molecule has 0 unspecified atom stereocenters. The molecule has 0 atom stereocenters. The van der Waals surface area contributed by atoms with Crippen LogP contribution in [0.25, 0.3) is 0 Å². The standard InChI is InChI=1S/C10H11NO/c1-2-9(8-12)11-10-6-4-3-5-7-10/h2-8,11H,1H3. The lowest BCUT2D eigenvalue weighted by Crippen LogP contribution is -1.99. The van der Waals surface area contributed by atoms with Gasteiger partial charge in [0.05, 0.1) is 5.70 Å². The Hall–Kier alpha value is -1.57. The second-order valence-electron chi connectivity index (χ2n) is 2.35. The number of benzene rings is 1. The normalized spacial score (nSPS) is 10.9. The van der Waals surface area contributed by atoms with Crippen molar-refractivity contribution < 1.29 is 4.79 Å². The fourth-order valence-corrected chi connectivity index (χ4v) is 0.858. The molecule has 1 aromatic carbocycles. The zero-order valence-corrected chi connectivity index (χ0v) is 6.95. The smallest absolute Gasteiger partial charge is 0.165 e. The summed E-state index contributed by atoms with van der Waals surface area (Å²) in [4.78, 5) is 10.4. The van der Waals surface area contributed by atoms with Crippen molar-refractivity contribution in [2.75, 3.05) is 5.32 Å². The number of nitrogens with one attached hydrogen (secondary N) is 1. The first-order valence-electron chi connectivity index (χ1n) is 3.80. The molecule has 0 bridgehead atoms. The third kappa shape index (κ3) is 2.23. The van der Waals surface area contributed by atoms with Crippen molar-refractivity contribution in [3.05, 3.63) is 42.1 Å². The highest BCUT2D eigenvalue weighted by atomic mass is 16.1. The number of rotatable bonds is 3. The highest BCUT2D eigenvalue weighted by Gasteiger charge is 1.92. The molecule has 62 valence electrons. The maximum absolute atomic E-state index is 10.4. The average molecular weight is 161 g/mol. The van der Waals surface area contributed by atoms with Crippen LogP contribution in [0.5, 0.6) is 0 Å². The Balaban J connectivity index is 2.70. The second kappa shape index (κ2) is 4.34. The van der Waals surface area contributed by atoms with Gasteiger partial charge in [-0.2, -0.15) is 0 Å². The summed E-state index contributed by atoms with van der Waals surface area (Å²) in [5.74, 6) is 0. The third-order valence-corrected chi connectivity index (χ3v) is 1.50. The quantitative estimate of drug-likeness (QED) is 0.544. The lowest BCUT2D eigenvalue weighted by atomic mass is 10.3. The number of anilines is 1. The summed E-state index contributed by atoms with van der Waals surface area (Å²) >= 11 is 0. The molecule has 1 rings (SSSR count). The summed E-state index contributed by atoms with van der Waals surface area (Å²) < 4.78 is 0. The van der Waals surface area contributed by atoms with Crippen LogP contribution in [0.4, 0.5) is 5.69 Å². The molecule has 1 N–H and O–H groups in total. The maximum Gasteiger partial charge on any atom is 0.165 e. The summed E-state index contributed by atoms with van der Waals surface area (Å²) in [6.07, 6.45) is 2.53. The highest BCUT2D eigenvalue weighted by molar-refractivity contribution is 5.78. The van der Waals surface area contributed by atoms with E-state index in [-0.39, 0.29) is 0 Å². The van der Waals surface area contributed by atoms with Crippen LogP contribution < -0.4 is 5.32 Å². The molecule has 0 aromatic heterocycles. The van der Waals surface area contributed by atoms with E-state index >= 15 is 0 Å². The Labute approximate surface area is 71.9 Å². The molecule has 0 saturated heterocycles. The number of hydrogen-bond acceptors (Lipinski definition) is 2. The second-order valence-corrected chi connectivity index (χ2v) is 2.35. The number of para-hydroxylation sites is 1. The van der Waals surface area contributed by atoms with E-state index in [1.807, 2.05) is 37.3 Å². The minimum Gasteiger partial charge on any atom is -0.353 e. The van der Waals surface area contributed by atoms with Gasteiger partial charge in [-0.1, -0.05) is 24.3 Å². The maximum atomic E-state index is 10.4. The van der Waals surface area contributed by atoms with Crippen LogP contribution in [0.2, 0.25) is 0 Å². The molecule has 0 saturated carbocycles. The van der Waals surface area contributed by atoms with Crippen molar-refractivity contribution in [2.45, 2.75) is 6.92 Å². The van der Waals surface area contributed by atoms with E-state index in [1.54, 1.807) is 6.08 Å². The first kappa shape index (κ1) is 8.53. The number of carbonyl (C=O) groups is 1. The van der Waals surface area contributed by atoms with Crippen LogP contribution in [0.3, 0.4) is 0 Å². The fraction of sp³-hybridized carbons (Fsp3) is 0.100. The molecule has 1 aromatic rings. The van der Waals surface area contributed by atoms with E-state index in [9.17, 15) is 4.79 Å². The van der Waals surface area contributed by atoms with Gasteiger partial charge < -0.3 is 5.32 Å². The summed E-state index contributed by atoms with van der Waals surface area (Å²) in [6.45, 7) is 1.82. The zero-order chi connectivity index (χ0) is 8.81. The summed E-state index contributed by atoms with van der Waals surface area (Å²) in [7, 11) is 0. The Kier molecular flexibility index (Phi) is 3.08. The average Bonchev–Trinajstić information content (AvgIpc) is 2.16. The van der Waals surface area contributed by atoms with Gasteiger partial charge in [-0.05, 0) is 19.1 Å². The monoisotopic (exact) mass is 161 g/mol. The van der Waals surface area contributed by atoms with Gasteiger partial charge in [0.1, 0.15) is 0 Å². The van der Waals surface area contributed by atoms with Crippen molar-refractivity contribution in [1.82, 2.24) is 0 Å². The molecule has 0 aliphatic heterocycles. The van der Waals surface area contributed by atoms with Gasteiger partial charge in [0.2, 0.25) is 0 Å². The number of allylic oxidation sites excluding steroid dienone is 2. The van der Waals surface area contributed by atoms with Gasteiger partial charge in [-0.3, -0.25) is 4.79 Å². The predicted molar refractivity (Wildman–Crippen MR) is 49.9 cm³/mol. The van der Waals surface area contributed by atoms with Crippen LogP contribution in [0.1, 0.15) is 6.92 Å². The van der Waals surface area contributed by atoms with Crippen molar-refractivity contribution in [2.24, 2.45) is 0 Å². The highest BCUT2D eigenvalue weighted by Crippen LogP contribution is 2.07. The zero-order valence-electron chi connectivity index (χ0n) is 6.95. The summed E-state index contributed by atoms with van der Waals surface area (Å²) in [5.41, 5.74) is 1.51. The molecular formula is C10H11NO. The molecule has 2 heteroatoms. The van der Waals surface area contributed by atoms with Crippen LogP contribution in [0, 0.1) is 0 Å². The van der Waals surface area contributed by atoms with Gasteiger partial charge in [-0.15, -0.1) is 0 Å². The molecule has 0 spiro atoms. The first-order valence-corrected chi connectivity index (χ1v) is 3.80. The molecule has 0 aliphatic carbocycles. The minimum absolute atomic E-state index is 0.584. The van der Waals surface area contributed by atoms with Gasteiger partial charge in [-0.25, -0.2) is 0 Å².